The zero-order chi connectivity index (χ0) is 17.8. The van der Waals surface area contributed by atoms with Crippen LogP contribution >= 0.6 is 0 Å². The van der Waals surface area contributed by atoms with E-state index >= 15 is 0 Å². The molecule has 0 radical (unpaired) electrons. The molecule has 1 aliphatic carbocycles. The summed E-state index contributed by atoms with van der Waals surface area (Å²) in [5.74, 6) is 7.40. The summed E-state index contributed by atoms with van der Waals surface area (Å²) in [6.07, 6.45) is 10.2. The molecular formula is C22H23N3O. The van der Waals surface area contributed by atoms with Gasteiger partial charge in [-0.1, -0.05) is 31.1 Å². The third kappa shape index (κ3) is 3.52. The second-order valence-electron chi connectivity index (χ2n) is 6.74. The number of hydrogen-bond acceptors (Lipinski definition) is 3. The number of H-pyrrole nitrogens is 1. The number of nitrogens with zero attached hydrogens (tertiary/aromatic N) is 1. The van der Waals surface area contributed by atoms with E-state index in [-0.39, 0.29) is 0 Å². The van der Waals surface area contributed by atoms with Crippen LogP contribution in [0.15, 0.2) is 42.7 Å². The standard InChI is InChI=1S/C22H23N3O/c1-26-19-11-8-16(9-12-19)7-10-17-15-24-22-20(13-14-23-22)21(17)25-18-5-3-2-4-6-18/h8-9,11-15,18H,2-6H2,1H3,(H2,23,24,25). The fourth-order valence-corrected chi connectivity index (χ4v) is 3.52. The summed E-state index contributed by atoms with van der Waals surface area (Å²) in [5.41, 5.74) is 3.91. The number of pyridine rings is 1. The lowest BCUT2D eigenvalue weighted by Crippen LogP contribution is -2.22. The van der Waals surface area contributed by atoms with Gasteiger partial charge in [-0.3, -0.25) is 0 Å². The number of rotatable bonds is 3. The second kappa shape index (κ2) is 7.53. The Balaban J connectivity index is 1.67. The molecule has 0 saturated heterocycles. The monoisotopic (exact) mass is 345 g/mol. The van der Waals surface area contributed by atoms with Gasteiger partial charge < -0.3 is 15.0 Å². The molecule has 0 atom stereocenters. The van der Waals surface area contributed by atoms with Crippen molar-refractivity contribution in [1.82, 2.24) is 9.97 Å². The Hall–Kier alpha value is -2.93. The molecule has 1 aliphatic rings. The zero-order valence-corrected chi connectivity index (χ0v) is 15.0. The van der Waals surface area contributed by atoms with Crippen LogP contribution in [0.1, 0.15) is 43.2 Å². The molecule has 0 amide bonds. The molecule has 1 aromatic carbocycles. The van der Waals surface area contributed by atoms with Gasteiger partial charge in [-0.05, 0) is 43.2 Å². The van der Waals surface area contributed by atoms with Crippen LogP contribution in [0, 0.1) is 11.8 Å². The quantitative estimate of drug-likeness (QED) is 0.676. The fraction of sp³-hybridized carbons (Fsp3) is 0.318. The second-order valence-corrected chi connectivity index (χ2v) is 6.74. The van der Waals surface area contributed by atoms with Crippen molar-refractivity contribution in [3.8, 4) is 17.6 Å². The normalized spacial score (nSPS) is 14.7. The maximum absolute atomic E-state index is 5.20. The summed E-state index contributed by atoms with van der Waals surface area (Å²) in [7, 11) is 1.67. The van der Waals surface area contributed by atoms with Gasteiger partial charge in [0.1, 0.15) is 11.4 Å². The highest BCUT2D eigenvalue weighted by Crippen LogP contribution is 2.29. The minimum atomic E-state index is 0.519. The van der Waals surface area contributed by atoms with Gasteiger partial charge in [0.05, 0.1) is 18.4 Å². The Labute approximate surface area is 154 Å². The largest absolute Gasteiger partial charge is 0.497 e. The first-order valence-electron chi connectivity index (χ1n) is 9.22. The maximum atomic E-state index is 5.20. The number of benzene rings is 1. The third-order valence-corrected chi connectivity index (χ3v) is 4.97. The Morgan fingerprint density at radius 2 is 1.88 bits per heavy atom. The highest BCUT2D eigenvalue weighted by Gasteiger charge is 2.16. The number of aromatic nitrogens is 2. The van der Waals surface area contributed by atoms with E-state index in [9.17, 15) is 0 Å². The summed E-state index contributed by atoms with van der Waals surface area (Å²) < 4.78 is 5.20. The van der Waals surface area contributed by atoms with Crippen molar-refractivity contribution >= 4 is 16.7 Å². The topological polar surface area (TPSA) is 49.9 Å². The van der Waals surface area contributed by atoms with Gasteiger partial charge in [0, 0.05) is 29.4 Å². The van der Waals surface area contributed by atoms with Crippen LogP contribution in [0.4, 0.5) is 5.69 Å². The first kappa shape index (κ1) is 16.5. The van der Waals surface area contributed by atoms with Crippen molar-refractivity contribution in [3.63, 3.8) is 0 Å². The van der Waals surface area contributed by atoms with Crippen LogP contribution in [0.2, 0.25) is 0 Å². The first-order valence-corrected chi connectivity index (χ1v) is 9.22. The zero-order valence-electron chi connectivity index (χ0n) is 15.0. The first-order chi connectivity index (χ1) is 12.8. The molecule has 0 bridgehead atoms. The number of fused-ring (bicyclic) bond motifs is 1. The third-order valence-electron chi connectivity index (χ3n) is 4.97. The van der Waals surface area contributed by atoms with Gasteiger partial charge in [0.15, 0.2) is 0 Å². The van der Waals surface area contributed by atoms with E-state index in [4.69, 9.17) is 4.74 Å². The number of aromatic amines is 1. The summed E-state index contributed by atoms with van der Waals surface area (Å²) in [6, 6.07) is 10.4. The highest BCUT2D eigenvalue weighted by atomic mass is 16.5. The average molecular weight is 345 g/mol. The van der Waals surface area contributed by atoms with Crippen molar-refractivity contribution in [2.45, 2.75) is 38.1 Å². The van der Waals surface area contributed by atoms with E-state index in [2.05, 4.69) is 33.2 Å². The molecule has 2 aromatic heterocycles. The van der Waals surface area contributed by atoms with E-state index < -0.39 is 0 Å². The Morgan fingerprint density at radius 1 is 1.08 bits per heavy atom. The molecular weight excluding hydrogens is 322 g/mol. The van der Waals surface area contributed by atoms with Gasteiger partial charge in [-0.15, -0.1) is 0 Å². The van der Waals surface area contributed by atoms with Crippen LogP contribution < -0.4 is 10.1 Å². The van der Waals surface area contributed by atoms with Gasteiger partial charge in [-0.2, -0.15) is 0 Å². The van der Waals surface area contributed by atoms with Crippen molar-refractivity contribution in [3.05, 3.63) is 53.9 Å². The molecule has 0 aliphatic heterocycles. The Morgan fingerprint density at radius 3 is 2.65 bits per heavy atom. The lowest BCUT2D eigenvalue weighted by Gasteiger charge is -2.24. The maximum Gasteiger partial charge on any atom is 0.139 e. The molecule has 132 valence electrons. The van der Waals surface area contributed by atoms with E-state index in [1.807, 2.05) is 36.7 Å². The highest BCUT2D eigenvalue weighted by molar-refractivity contribution is 5.92. The van der Waals surface area contributed by atoms with Crippen molar-refractivity contribution in [2.75, 3.05) is 12.4 Å². The predicted molar refractivity (Wildman–Crippen MR) is 106 cm³/mol. The molecule has 2 N–H and O–H groups in total. The molecule has 0 unspecified atom stereocenters. The summed E-state index contributed by atoms with van der Waals surface area (Å²) in [5, 5.41) is 4.86. The minimum absolute atomic E-state index is 0.519. The van der Waals surface area contributed by atoms with Gasteiger partial charge in [0.2, 0.25) is 0 Å². The van der Waals surface area contributed by atoms with Crippen LogP contribution in [0.5, 0.6) is 5.75 Å². The van der Waals surface area contributed by atoms with Gasteiger partial charge in [-0.25, -0.2) is 4.98 Å². The van der Waals surface area contributed by atoms with Crippen LogP contribution in [-0.2, 0) is 0 Å². The molecule has 4 rings (SSSR count). The van der Waals surface area contributed by atoms with Crippen LogP contribution in [0.25, 0.3) is 11.0 Å². The van der Waals surface area contributed by atoms with E-state index in [1.165, 1.54) is 32.1 Å². The number of hydrogen-bond donors (Lipinski definition) is 2. The molecule has 3 aromatic rings. The SMILES string of the molecule is COc1ccc(C#Cc2cnc3[nH]ccc3c2NC2CCCCC2)cc1. The van der Waals surface area contributed by atoms with Crippen LogP contribution in [0.3, 0.4) is 0 Å². The molecule has 4 heteroatoms. The van der Waals surface area contributed by atoms with Gasteiger partial charge in [0.25, 0.3) is 0 Å². The van der Waals surface area contributed by atoms with E-state index in [0.29, 0.717) is 6.04 Å². The lowest BCUT2D eigenvalue weighted by molar-refractivity contribution is 0.415. The van der Waals surface area contributed by atoms with Crippen molar-refractivity contribution in [2.24, 2.45) is 0 Å². The van der Waals surface area contributed by atoms with E-state index in [1.54, 1.807) is 7.11 Å². The number of nitrogens with one attached hydrogen (secondary N) is 2. The summed E-state index contributed by atoms with van der Waals surface area (Å²) in [4.78, 5) is 7.71. The lowest BCUT2D eigenvalue weighted by atomic mass is 9.95. The summed E-state index contributed by atoms with van der Waals surface area (Å²) in [6.45, 7) is 0. The number of anilines is 1. The molecule has 26 heavy (non-hydrogen) atoms. The van der Waals surface area contributed by atoms with E-state index in [0.717, 1.165) is 33.6 Å². The number of ether oxygens (including phenoxy) is 1. The smallest absolute Gasteiger partial charge is 0.139 e. The summed E-state index contributed by atoms with van der Waals surface area (Å²) >= 11 is 0. The van der Waals surface area contributed by atoms with Crippen molar-refractivity contribution < 1.29 is 4.74 Å². The van der Waals surface area contributed by atoms with Crippen LogP contribution in [-0.4, -0.2) is 23.1 Å². The minimum Gasteiger partial charge on any atom is -0.497 e. The molecule has 1 fully saturated rings. The Kier molecular flexibility index (Phi) is 4.79. The molecule has 2 heterocycles. The molecule has 0 spiro atoms. The average Bonchev–Trinajstić information content (AvgIpc) is 3.18. The number of methoxy groups -OCH3 is 1. The molecule has 4 nitrogen and oxygen atoms in total. The van der Waals surface area contributed by atoms with Gasteiger partial charge >= 0.3 is 0 Å². The fourth-order valence-electron chi connectivity index (χ4n) is 3.52. The Bertz CT molecular complexity index is 941. The predicted octanol–water partition coefficient (Wildman–Crippen LogP) is 4.72. The van der Waals surface area contributed by atoms with Crippen molar-refractivity contribution in [1.29, 1.82) is 0 Å². The molecule has 1 saturated carbocycles.